The van der Waals surface area contributed by atoms with Crippen LogP contribution in [0.2, 0.25) is 0 Å². The summed E-state index contributed by atoms with van der Waals surface area (Å²) in [6, 6.07) is 9.30. The van der Waals surface area contributed by atoms with Crippen molar-refractivity contribution in [1.29, 1.82) is 0 Å². The van der Waals surface area contributed by atoms with Crippen molar-refractivity contribution in [3.05, 3.63) is 77.3 Å². The summed E-state index contributed by atoms with van der Waals surface area (Å²) in [6.45, 7) is 3.92. The molecule has 0 radical (unpaired) electrons. The van der Waals surface area contributed by atoms with Crippen LogP contribution >= 0.6 is 11.3 Å². The molecule has 0 aliphatic carbocycles. The first-order valence-corrected chi connectivity index (χ1v) is 10.1. The maximum Gasteiger partial charge on any atom is 0.272 e. The quantitative estimate of drug-likeness (QED) is 0.502. The van der Waals surface area contributed by atoms with E-state index < -0.39 is 0 Å². The van der Waals surface area contributed by atoms with Crippen LogP contribution in [0.25, 0.3) is 10.2 Å². The van der Waals surface area contributed by atoms with E-state index >= 15 is 0 Å². The zero-order valence-corrected chi connectivity index (χ0v) is 16.9. The Morgan fingerprint density at radius 3 is 2.31 bits per heavy atom. The fourth-order valence-electron chi connectivity index (χ4n) is 2.97. The zero-order valence-electron chi connectivity index (χ0n) is 16.0. The van der Waals surface area contributed by atoms with Crippen LogP contribution in [0.4, 0.5) is 5.95 Å². The van der Waals surface area contributed by atoms with Crippen molar-refractivity contribution in [2.45, 2.75) is 25.9 Å². The van der Waals surface area contributed by atoms with Gasteiger partial charge >= 0.3 is 0 Å². The fraction of sp³-hybridized carbons (Fsp3) is 0.190. The summed E-state index contributed by atoms with van der Waals surface area (Å²) in [5.41, 5.74) is 3.05. The van der Waals surface area contributed by atoms with Crippen molar-refractivity contribution in [3.63, 3.8) is 0 Å². The number of pyridine rings is 2. The number of hydrogen-bond acceptors (Lipinski definition) is 7. The molecule has 0 bridgehead atoms. The number of nitrogens with one attached hydrogen (secondary N) is 2. The first-order valence-electron chi connectivity index (χ1n) is 9.24. The van der Waals surface area contributed by atoms with Gasteiger partial charge in [0.2, 0.25) is 5.95 Å². The highest BCUT2D eigenvalue weighted by molar-refractivity contribution is 7.17. The summed E-state index contributed by atoms with van der Waals surface area (Å²) in [5.74, 6) is 0.166. The van der Waals surface area contributed by atoms with Crippen LogP contribution < -0.4 is 10.6 Å². The molecule has 7 nitrogen and oxygen atoms in total. The molecule has 4 heterocycles. The van der Waals surface area contributed by atoms with Crippen LogP contribution in [0.15, 0.2) is 60.5 Å². The number of nitrogens with zero attached hydrogens (tertiary/aromatic N) is 4. The molecule has 2 N–H and O–H groups in total. The predicted octanol–water partition coefficient (Wildman–Crippen LogP) is 4.15. The molecule has 0 aromatic carbocycles. The standard InChI is InChI=1S/C21H20N6OS/c1-13(15-5-3-8-22-11-15)24-20(28)18-19-17(7-10-29-19)26-21(27-18)25-14(2)16-6-4-9-23-12-16/h3-14H,1-2H3,(H,24,28)(H,25,26,27)/t13-,14-/m0/s1. The predicted molar refractivity (Wildman–Crippen MR) is 114 cm³/mol. The van der Waals surface area contributed by atoms with E-state index in [1.165, 1.54) is 11.3 Å². The van der Waals surface area contributed by atoms with E-state index in [1.54, 1.807) is 24.8 Å². The first-order chi connectivity index (χ1) is 14.1. The topological polar surface area (TPSA) is 92.7 Å². The van der Waals surface area contributed by atoms with Gasteiger partial charge in [0.05, 0.1) is 22.3 Å². The van der Waals surface area contributed by atoms with Gasteiger partial charge in [0, 0.05) is 24.8 Å². The molecule has 0 saturated heterocycles. The van der Waals surface area contributed by atoms with Gasteiger partial charge in [-0.15, -0.1) is 11.3 Å². The van der Waals surface area contributed by atoms with E-state index in [9.17, 15) is 4.79 Å². The SMILES string of the molecule is C[C@H](NC(=O)c1nc(N[C@@H](C)c2cccnc2)nc2ccsc12)c1cccnc1. The Bertz CT molecular complexity index is 1120. The lowest BCUT2D eigenvalue weighted by atomic mass is 10.1. The second kappa shape index (κ2) is 8.32. The van der Waals surface area contributed by atoms with Crippen LogP contribution in [0.3, 0.4) is 0 Å². The Labute approximate surface area is 172 Å². The van der Waals surface area contributed by atoms with Gasteiger partial charge in [-0.1, -0.05) is 12.1 Å². The lowest BCUT2D eigenvalue weighted by Crippen LogP contribution is -2.28. The van der Waals surface area contributed by atoms with Gasteiger partial charge in [0.25, 0.3) is 5.91 Å². The van der Waals surface area contributed by atoms with Crippen molar-refractivity contribution in [2.24, 2.45) is 0 Å². The molecule has 1 amide bonds. The van der Waals surface area contributed by atoms with Gasteiger partial charge in [-0.3, -0.25) is 14.8 Å². The molecule has 4 rings (SSSR count). The summed E-state index contributed by atoms with van der Waals surface area (Å²) >= 11 is 1.45. The second-order valence-corrected chi connectivity index (χ2v) is 7.58. The minimum absolute atomic E-state index is 0.0509. The maximum atomic E-state index is 13.0. The summed E-state index contributed by atoms with van der Waals surface area (Å²) < 4.78 is 0.764. The number of carbonyl (C=O) groups is 1. The van der Waals surface area contributed by atoms with E-state index in [4.69, 9.17) is 0 Å². The monoisotopic (exact) mass is 404 g/mol. The number of carbonyl (C=O) groups excluding carboxylic acids is 1. The molecular formula is C21H20N6OS. The number of anilines is 1. The normalized spacial score (nSPS) is 13.0. The van der Waals surface area contributed by atoms with E-state index in [-0.39, 0.29) is 18.0 Å². The average molecular weight is 404 g/mol. The summed E-state index contributed by atoms with van der Waals surface area (Å²) in [4.78, 5) is 30.3. The number of hydrogen-bond donors (Lipinski definition) is 2. The van der Waals surface area contributed by atoms with Crippen molar-refractivity contribution < 1.29 is 4.79 Å². The number of fused-ring (bicyclic) bond motifs is 1. The summed E-state index contributed by atoms with van der Waals surface area (Å²) in [5, 5.41) is 8.19. The summed E-state index contributed by atoms with van der Waals surface area (Å²) in [6.07, 6.45) is 6.98. The number of amides is 1. The molecule has 0 spiro atoms. The molecule has 146 valence electrons. The van der Waals surface area contributed by atoms with Crippen LogP contribution in [0, 0.1) is 0 Å². The van der Waals surface area contributed by atoms with Gasteiger partial charge in [-0.25, -0.2) is 9.97 Å². The molecule has 0 fully saturated rings. The largest absolute Gasteiger partial charge is 0.348 e. The molecule has 0 aliphatic heterocycles. The maximum absolute atomic E-state index is 13.0. The third-order valence-electron chi connectivity index (χ3n) is 4.58. The van der Waals surface area contributed by atoms with E-state index in [0.29, 0.717) is 11.6 Å². The average Bonchev–Trinajstić information content (AvgIpc) is 3.23. The summed E-state index contributed by atoms with van der Waals surface area (Å²) in [7, 11) is 0. The molecule has 0 saturated carbocycles. The highest BCUT2D eigenvalue weighted by Crippen LogP contribution is 2.26. The van der Waals surface area contributed by atoms with Crippen LogP contribution in [-0.4, -0.2) is 25.8 Å². The van der Waals surface area contributed by atoms with Crippen molar-refractivity contribution in [3.8, 4) is 0 Å². The van der Waals surface area contributed by atoms with E-state index in [2.05, 4.69) is 30.6 Å². The lowest BCUT2D eigenvalue weighted by molar-refractivity contribution is 0.0937. The highest BCUT2D eigenvalue weighted by Gasteiger charge is 2.19. The molecular weight excluding hydrogens is 384 g/mol. The third-order valence-corrected chi connectivity index (χ3v) is 5.49. The number of rotatable bonds is 6. The molecule has 0 unspecified atom stereocenters. The zero-order chi connectivity index (χ0) is 20.2. The number of thiophene rings is 1. The van der Waals surface area contributed by atoms with Gasteiger partial charge < -0.3 is 10.6 Å². The number of aromatic nitrogens is 4. The van der Waals surface area contributed by atoms with E-state index in [1.807, 2.05) is 49.6 Å². The van der Waals surface area contributed by atoms with E-state index in [0.717, 1.165) is 21.3 Å². The van der Waals surface area contributed by atoms with Gasteiger partial charge in [0.1, 0.15) is 0 Å². The second-order valence-electron chi connectivity index (χ2n) is 6.66. The Hall–Kier alpha value is -3.39. The van der Waals surface area contributed by atoms with Crippen molar-refractivity contribution >= 4 is 33.4 Å². The smallest absolute Gasteiger partial charge is 0.272 e. The van der Waals surface area contributed by atoms with Gasteiger partial charge in [0.15, 0.2) is 5.69 Å². The van der Waals surface area contributed by atoms with Gasteiger partial charge in [-0.05, 0) is 48.6 Å². The third kappa shape index (κ3) is 4.22. The minimum Gasteiger partial charge on any atom is -0.348 e. The molecule has 4 aromatic heterocycles. The van der Waals surface area contributed by atoms with Crippen LogP contribution in [-0.2, 0) is 0 Å². The van der Waals surface area contributed by atoms with Crippen molar-refractivity contribution in [1.82, 2.24) is 25.3 Å². The van der Waals surface area contributed by atoms with Gasteiger partial charge in [-0.2, -0.15) is 0 Å². The minimum atomic E-state index is -0.242. The Kier molecular flexibility index (Phi) is 5.44. The fourth-order valence-corrected chi connectivity index (χ4v) is 3.79. The molecule has 0 aliphatic rings. The van der Waals surface area contributed by atoms with Crippen LogP contribution in [0.1, 0.15) is 47.5 Å². The Morgan fingerprint density at radius 1 is 0.966 bits per heavy atom. The Morgan fingerprint density at radius 2 is 1.66 bits per heavy atom. The van der Waals surface area contributed by atoms with Crippen LogP contribution in [0.5, 0.6) is 0 Å². The molecule has 4 aromatic rings. The highest BCUT2D eigenvalue weighted by atomic mass is 32.1. The van der Waals surface area contributed by atoms with Crippen molar-refractivity contribution in [2.75, 3.05) is 5.32 Å². The molecule has 8 heteroatoms. The molecule has 2 atom stereocenters. The Balaban J connectivity index is 1.60. The lowest BCUT2D eigenvalue weighted by Gasteiger charge is -2.16. The first kappa shape index (κ1) is 18.9. The molecule has 29 heavy (non-hydrogen) atoms.